The highest BCUT2D eigenvalue weighted by Crippen LogP contribution is 2.24. The molecule has 6 heteroatoms. The summed E-state index contributed by atoms with van der Waals surface area (Å²) in [7, 11) is 1.81. The van der Waals surface area contributed by atoms with Gasteiger partial charge in [-0.1, -0.05) is 18.2 Å². The van der Waals surface area contributed by atoms with E-state index in [2.05, 4.69) is 23.5 Å². The number of likely N-dealkylation sites (N-methyl/N-ethyl adjacent to an activating group) is 1. The first-order valence-electron chi connectivity index (χ1n) is 9.98. The standard InChI is InChI=1S/C21H31N3O3/c1-16(18-8-7-17-5-3-4-6-19(17)13-18)22-20(25)14-23(2)15-21(26)24-9-11-27-12-10-24/h7-8,13,16H,3-6,9-12,14-15H2,1-2H3,(H,22,25). The summed E-state index contributed by atoms with van der Waals surface area (Å²) in [4.78, 5) is 28.2. The van der Waals surface area contributed by atoms with Crippen LogP contribution in [0.1, 0.15) is 42.5 Å². The molecule has 27 heavy (non-hydrogen) atoms. The molecule has 1 aliphatic heterocycles. The van der Waals surface area contributed by atoms with Gasteiger partial charge in [-0.15, -0.1) is 0 Å². The molecule has 0 aromatic heterocycles. The average molecular weight is 373 g/mol. The molecular weight excluding hydrogens is 342 g/mol. The fourth-order valence-corrected chi connectivity index (χ4v) is 3.84. The maximum Gasteiger partial charge on any atom is 0.236 e. The number of benzene rings is 1. The molecule has 1 saturated heterocycles. The number of amides is 2. The molecule has 1 unspecified atom stereocenters. The van der Waals surface area contributed by atoms with E-state index in [-0.39, 0.29) is 30.9 Å². The molecular formula is C21H31N3O3. The first kappa shape index (κ1) is 19.8. The molecule has 1 fully saturated rings. The van der Waals surface area contributed by atoms with Crippen LogP contribution in [0.25, 0.3) is 0 Å². The predicted octanol–water partition coefficient (Wildman–Crippen LogP) is 1.53. The van der Waals surface area contributed by atoms with Gasteiger partial charge >= 0.3 is 0 Å². The summed E-state index contributed by atoms with van der Waals surface area (Å²) in [5.74, 6) is -0.00571. The van der Waals surface area contributed by atoms with E-state index in [1.807, 2.05) is 14.0 Å². The van der Waals surface area contributed by atoms with Crippen LogP contribution in [0.2, 0.25) is 0 Å². The Morgan fingerprint density at radius 3 is 2.59 bits per heavy atom. The number of nitrogens with one attached hydrogen (secondary N) is 1. The Bertz CT molecular complexity index is 671. The number of nitrogens with zero attached hydrogens (tertiary/aromatic N) is 2. The first-order chi connectivity index (χ1) is 13.0. The molecule has 2 aliphatic rings. The summed E-state index contributed by atoms with van der Waals surface area (Å²) in [6.45, 7) is 4.93. The number of morpholine rings is 1. The highest BCUT2D eigenvalue weighted by atomic mass is 16.5. The van der Waals surface area contributed by atoms with Crippen molar-refractivity contribution in [2.45, 2.75) is 38.6 Å². The highest BCUT2D eigenvalue weighted by Gasteiger charge is 2.20. The van der Waals surface area contributed by atoms with Crippen molar-refractivity contribution in [1.82, 2.24) is 15.1 Å². The lowest BCUT2D eigenvalue weighted by atomic mass is 9.89. The number of ether oxygens (including phenoxy) is 1. The van der Waals surface area contributed by atoms with Crippen molar-refractivity contribution in [2.24, 2.45) is 0 Å². The van der Waals surface area contributed by atoms with Crippen molar-refractivity contribution in [3.8, 4) is 0 Å². The Hall–Kier alpha value is -1.92. The maximum atomic E-state index is 12.4. The van der Waals surface area contributed by atoms with Gasteiger partial charge in [-0.05, 0) is 56.3 Å². The van der Waals surface area contributed by atoms with Crippen molar-refractivity contribution in [2.75, 3.05) is 46.4 Å². The molecule has 0 bridgehead atoms. The molecule has 0 spiro atoms. The average Bonchev–Trinajstić information content (AvgIpc) is 2.68. The maximum absolute atomic E-state index is 12.4. The third-order valence-electron chi connectivity index (χ3n) is 5.43. The predicted molar refractivity (Wildman–Crippen MR) is 105 cm³/mol. The number of hydrogen-bond donors (Lipinski definition) is 1. The summed E-state index contributed by atoms with van der Waals surface area (Å²) >= 11 is 0. The lowest BCUT2D eigenvalue weighted by Crippen LogP contribution is -2.46. The summed E-state index contributed by atoms with van der Waals surface area (Å²) in [5, 5.41) is 3.06. The number of hydrogen-bond acceptors (Lipinski definition) is 4. The van der Waals surface area contributed by atoms with Gasteiger partial charge in [0.15, 0.2) is 0 Å². The van der Waals surface area contributed by atoms with Crippen LogP contribution in [-0.2, 0) is 27.2 Å². The Labute approximate surface area is 161 Å². The Morgan fingerprint density at radius 1 is 1.15 bits per heavy atom. The molecule has 0 saturated carbocycles. The van der Waals surface area contributed by atoms with Crippen LogP contribution in [-0.4, -0.2) is 68.1 Å². The monoisotopic (exact) mass is 373 g/mol. The SMILES string of the molecule is CC(NC(=O)CN(C)CC(=O)N1CCOCC1)c1ccc2c(c1)CCCC2. The fraction of sp³-hybridized carbons (Fsp3) is 0.619. The molecule has 1 aromatic carbocycles. The van der Waals surface area contributed by atoms with E-state index in [0.29, 0.717) is 26.3 Å². The second-order valence-electron chi connectivity index (χ2n) is 7.69. The van der Waals surface area contributed by atoms with Crippen molar-refractivity contribution in [3.63, 3.8) is 0 Å². The van der Waals surface area contributed by atoms with Gasteiger partial charge in [-0.2, -0.15) is 0 Å². The van der Waals surface area contributed by atoms with Crippen LogP contribution in [0.5, 0.6) is 0 Å². The van der Waals surface area contributed by atoms with Crippen LogP contribution >= 0.6 is 0 Å². The van der Waals surface area contributed by atoms with E-state index in [1.54, 1.807) is 9.80 Å². The second kappa shape index (κ2) is 9.33. The van der Waals surface area contributed by atoms with E-state index < -0.39 is 0 Å². The van der Waals surface area contributed by atoms with Crippen LogP contribution < -0.4 is 5.32 Å². The quantitative estimate of drug-likeness (QED) is 0.822. The van der Waals surface area contributed by atoms with Crippen molar-refractivity contribution in [3.05, 3.63) is 34.9 Å². The molecule has 1 aromatic rings. The molecule has 1 heterocycles. The fourth-order valence-electron chi connectivity index (χ4n) is 3.84. The van der Waals surface area contributed by atoms with Crippen molar-refractivity contribution >= 4 is 11.8 Å². The zero-order chi connectivity index (χ0) is 19.2. The Kier molecular flexibility index (Phi) is 6.85. The van der Waals surface area contributed by atoms with Gasteiger partial charge in [-0.25, -0.2) is 0 Å². The minimum Gasteiger partial charge on any atom is -0.378 e. The van der Waals surface area contributed by atoms with E-state index in [4.69, 9.17) is 4.74 Å². The number of carbonyl (C=O) groups excluding carboxylic acids is 2. The normalized spacial score (nSPS) is 18.1. The third kappa shape index (κ3) is 5.53. The molecule has 6 nitrogen and oxygen atoms in total. The van der Waals surface area contributed by atoms with Gasteiger partial charge in [-0.3, -0.25) is 14.5 Å². The van der Waals surface area contributed by atoms with Gasteiger partial charge in [0, 0.05) is 13.1 Å². The highest BCUT2D eigenvalue weighted by molar-refractivity contribution is 5.81. The molecule has 148 valence electrons. The molecule has 1 aliphatic carbocycles. The number of aryl methyl sites for hydroxylation is 2. The molecule has 1 N–H and O–H groups in total. The topological polar surface area (TPSA) is 61.9 Å². The van der Waals surface area contributed by atoms with E-state index in [9.17, 15) is 9.59 Å². The molecule has 0 radical (unpaired) electrons. The minimum atomic E-state index is -0.0579. The lowest BCUT2D eigenvalue weighted by molar-refractivity contribution is -0.136. The van der Waals surface area contributed by atoms with Crippen molar-refractivity contribution < 1.29 is 14.3 Å². The number of rotatable bonds is 6. The van der Waals surface area contributed by atoms with Gasteiger partial charge in [0.25, 0.3) is 0 Å². The first-order valence-corrected chi connectivity index (χ1v) is 9.98. The molecule has 1 atom stereocenters. The van der Waals surface area contributed by atoms with Crippen LogP contribution in [0.15, 0.2) is 18.2 Å². The van der Waals surface area contributed by atoms with Crippen LogP contribution in [0, 0.1) is 0 Å². The van der Waals surface area contributed by atoms with Crippen LogP contribution in [0.4, 0.5) is 0 Å². The largest absolute Gasteiger partial charge is 0.378 e. The summed E-state index contributed by atoms with van der Waals surface area (Å²) < 4.78 is 5.27. The van der Waals surface area contributed by atoms with Gasteiger partial charge in [0.2, 0.25) is 11.8 Å². The third-order valence-corrected chi connectivity index (χ3v) is 5.43. The zero-order valence-corrected chi connectivity index (χ0v) is 16.5. The Morgan fingerprint density at radius 2 is 1.85 bits per heavy atom. The second-order valence-corrected chi connectivity index (χ2v) is 7.69. The summed E-state index contributed by atoms with van der Waals surface area (Å²) in [5.41, 5.74) is 4.02. The van der Waals surface area contributed by atoms with Gasteiger partial charge in [0.05, 0.1) is 32.3 Å². The van der Waals surface area contributed by atoms with Gasteiger partial charge < -0.3 is 15.0 Å². The minimum absolute atomic E-state index is 0.0342. The zero-order valence-electron chi connectivity index (χ0n) is 16.5. The van der Waals surface area contributed by atoms with E-state index >= 15 is 0 Å². The summed E-state index contributed by atoms with van der Waals surface area (Å²) in [6.07, 6.45) is 4.82. The lowest BCUT2D eigenvalue weighted by Gasteiger charge is -2.28. The van der Waals surface area contributed by atoms with Crippen molar-refractivity contribution in [1.29, 1.82) is 0 Å². The summed E-state index contributed by atoms with van der Waals surface area (Å²) in [6, 6.07) is 6.54. The van der Waals surface area contributed by atoms with E-state index in [0.717, 1.165) is 18.4 Å². The van der Waals surface area contributed by atoms with E-state index in [1.165, 1.54) is 24.0 Å². The molecule has 2 amide bonds. The number of carbonyl (C=O) groups is 2. The number of fused-ring (bicyclic) bond motifs is 1. The van der Waals surface area contributed by atoms with Gasteiger partial charge in [0.1, 0.15) is 0 Å². The molecule has 3 rings (SSSR count). The smallest absolute Gasteiger partial charge is 0.236 e. The van der Waals surface area contributed by atoms with Crippen LogP contribution in [0.3, 0.4) is 0 Å². The Balaban J connectivity index is 1.47.